The predicted octanol–water partition coefficient (Wildman–Crippen LogP) is 3.37. The van der Waals surface area contributed by atoms with Crippen LogP contribution in [-0.4, -0.2) is 21.2 Å². The van der Waals surface area contributed by atoms with Crippen LogP contribution in [0.5, 0.6) is 0 Å². The van der Waals surface area contributed by atoms with E-state index in [1.165, 1.54) is 23.9 Å². The van der Waals surface area contributed by atoms with Gasteiger partial charge in [0.2, 0.25) is 5.91 Å². The van der Waals surface area contributed by atoms with Gasteiger partial charge >= 0.3 is 0 Å². The third-order valence-corrected chi connectivity index (χ3v) is 4.74. The SMILES string of the molecule is Cc1ccccc1N=C1NC(=O)[C@H](Cc2cccc([N+](=O)[O-])c2)S1. The van der Waals surface area contributed by atoms with E-state index in [2.05, 4.69) is 10.3 Å². The average Bonchev–Trinajstić information content (AvgIpc) is 2.89. The number of amides is 1. The maximum atomic E-state index is 12.1. The van der Waals surface area contributed by atoms with Gasteiger partial charge in [-0.2, -0.15) is 0 Å². The smallest absolute Gasteiger partial charge is 0.269 e. The quantitative estimate of drug-likeness (QED) is 0.682. The first kappa shape index (κ1) is 16.2. The van der Waals surface area contributed by atoms with Gasteiger partial charge in [-0.1, -0.05) is 42.1 Å². The Kier molecular flexibility index (Phi) is 4.61. The van der Waals surface area contributed by atoms with Crippen molar-refractivity contribution in [2.75, 3.05) is 0 Å². The first-order valence-corrected chi connectivity index (χ1v) is 8.26. The number of para-hydroxylation sites is 1. The average molecular weight is 341 g/mol. The van der Waals surface area contributed by atoms with E-state index in [-0.39, 0.29) is 16.8 Å². The highest BCUT2D eigenvalue weighted by Crippen LogP contribution is 2.27. The monoisotopic (exact) mass is 341 g/mol. The lowest BCUT2D eigenvalue weighted by Gasteiger charge is -2.05. The number of nitrogens with zero attached hydrogens (tertiary/aromatic N) is 2. The molecule has 0 saturated carbocycles. The summed E-state index contributed by atoms with van der Waals surface area (Å²) in [5, 5.41) is 13.8. The Morgan fingerprint density at radius 3 is 2.79 bits per heavy atom. The molecule has 1 fully saturated rings. The molecule has 1 N–H and O–H groups in total. The Morgan fingerprint density at radius 1 is 1.25 bits per heavy atom. The van der Waals surface area contributed by atoms with Crippen LogP contribution in [0.25, 0.3) is 0 Å². The van der Waals surface area contributed by atoms with E-state index in [4.69, 9.17) is 0 Å². The van der Waals surface area contributed by atoms with E-state index in [0.29, 0.717) is 11.6 Å². The maximum absolute atomic E-state index is 12.1. The Morgan fingerprint density at radius 2 is 2.04 bits per heavy atom. The van der Waals surface area contributed by atoms with Crippen LogP contribution in [0.1, 0.15) is 11.1 Å². The molecule has 0 aliphatic carbocycles. The molecule has 122 valence electrons. The fourth-order valence-electron chi connectivity index (χ4n) is 2.40. The molecule has 0 unspecified atom stereocenters. The van der Waals surface area contributed by atoms with Crippen LogP contribution in [0.4, 0.5) is 11.4 Å². The molecule has 1 amide bonds. The zero-order chi connectivity index (χ0) is 17.1. The number of non-ortho nitro benzene ring substituents is 1. The number of rotatable bonds is 4. The number of nitrogens with one attached hydrogen (secondary N) is 1. The number of thioether (sulfide) groups is 1. The van der Waals surface area contributed by atoms with Gasteiger partial charge in [0.05, 0.1) is 15.9 Å². The van der Waals surface area contributed by atoms with Gasteiger partial charge < -0.3 is 5.32 Å². The third-order valence-electron chi connectivity index (χ3n) is 3.66. The van der Waals surface area contributed by atoms with Crippen molar-refractivity contribution >= 4 is 34.2 Å². The molecule has 1 aliphatic heterocycles. The first-order chi connectivity index (χ1) is 11.5. The summed E-state index contributed by atoms with van der Waals surface area (Å²) in [6.07, 6.45) is 0.422. The Hall–Kier alpha value is -2.67. The second-order valence-electron chi connectivity index (χ2n) is 5.43. The van der Waals surface area contributed by atoms with Crippen LogP contribution in [0.15, 0.2) is 53.5 Å². The highest BCUT2D eigenvalue weighted by atomic mass is 32.2. The number of hydrogen-bond donors (Lipinski definition) is 1. The number of amidine groups is 1. The minimum Gasteiger partial charge on any atom is -0.304 e. The van der Waals surface area contributed by atoms with Gasteiger partial charge in [0.15, 0.2) is 5.17 Å². The normalized spacial score (nSPS) is 18.6. The van der Waals surface area contributed by atoms with E-state index >= 15 is 0 Å². The second kappa shape index (κ2) is 6.84. The summed E-state index contributed by atoms with van der Waals surface area (Å²) in [5.41, 5.74) is 2.64. The summed E-state index contributed by atoms with van der Waals surface area (Å²) in [6, 6.07) is 14.1. The van der Waals surface area contributed by atoms with Crippen molar-refractivity contribution in [3.63, 3.8) is 0 Å². The van der Waals surface area contributed by atoms with Crippen LogP contribution in [0.2, 0.25) is 0 Å². The van der Waals surface area contributed by atoms with Crippen molar-refractivity contribution in [3.05, 3.63) is 69.8 Å². The molecule has 2 aromatic carbocycles. The summed E-state index contributed by atoms with van der Waals surface area (Å²) in [7, 11) is 0. The molecule has 3 rings (SSSR count). The summed E-state index contributed by atoms with van der Waals surface area (Å²) < 4.78 is 0. The van der Waals surface area contributed by atoms with Crippen molar-refractivity contribution in [3.8, 4) is 0 Å². The van der Waals surface area contributed by atoms with Gasteiger partial charge in [0.25, 0.3) is 5.69 Å². The Labute approximate surface area is 143 Å². The largest absolute Gasteiger partial charge is 0.304 e. The topological polar surface area (TPSA) is 84.6 Å². The molecule has 0 radical (unpaired) electrons. The van der Waals surface area contributed by atoms with E-state index in [1.54, 1.807) is 12.1 Å². The molecule has 0 bridgehead atoms. The zero-order valence-electron chi connectivity index (χ0n) is 12.9. The molecule has 1 aliphatic rings. The molecule has 2 aromatic rings. The van der Waals surface area contributed by atoms with E-state index < -0.39 is 4.92 Å². The fourth-order valence-corrected chi connectivity index (χ4v) is 3.42. The summed E-state index contributed by atoms with van der Waals surface area (Å²) in [4.78, 5) is 27.0. The van der Waals surface area contributed by atoms with Gasteiger partial charge in [0.1, 0.15) is 0 Å². The van der Waals surface area contributed by atoms with Crippen LogP contribution in [0, 0.1) is 17.0 Å². The van der Waals surface area contributed by atoms with Gasteiger partial charge in [-0.15, -0.1) is 0 Å². The number of aryl methyl sites for hydroxylation is 1. The molecule has 1 saturated heterocycles. The van der Waals surface area contributed by atoms with Crippen molar-refractivity contribution in [1.29, 1.82) is 0 Å². The molecule has 6 nitrogen and oxygen atoms in total. The minimum absolute atomic E-state index is 0.0321. The Balaban J connectivity index is 1.75. The maximum Gasteiger partial charge on any atom is 0.269 e. The number of nitro benzene ring substituents is 1. The number of nitro groups is 1. The van der Waals surface area contributed by atoms with Crippen molar-refractivity contribution < 1.29 is 9.72 Å². The van der Waals surface area contributed by atoms with Crippen LogP contribution < -0.4 is 5.32 Å². The molecular formula is C17H15N3O3S. The zero-order valence-corrected chi connectivity index (χ0v) is 13.7. The summed E-state index contributed by atoms with van der Waals surface area (Å²) >= 11 is 1.35. The second-order valence-corrected chi connectivity index (χ2v) is 6.62. The minimum atomic E-state index is -0.434. The first-order valence-electron chi connectivity index (χ1n) is 7.38. The van der Waals surface area contributed by atoms with Crippen molar-refractivity contribution in [1.82, 2.24) is 5.32 Å². The predicted molar refractivity (Wildman–Crippen MR) is 94.6 cm³/mol. The highest BCUT2D eigenvalue weighted by molar-refractivity contribution is 8.15. The van der Waals surface area contributed by atoms with Crippen molar-refractivity contribution in [2.24, 2.45) is 4.99 Å². The summed E-state index contributed by atoms with van der Waals surface area (Å²) in [5.74, 6) is -0.126. The third kappa shape index (κ3) is 3.62. The fraction of sp³-hybridized carbons (Fsp3) is 0.176. The standard InChI is InChI=1S/C17H15N3O3S/c1-11-5-2-3-8-14(11)18-17-19-16(21)15(24-17)10-12-6-4-7-13(9-12)20(22)23/h2-9,15H,10H2,1H3,(H,18,19,21)/t15-/m0/s1. The molecule has 24 heavy (non-hydrogen) atoms. The van der Waals surface area contributed by atoms with E-state index in [0.717, 1.165) is 16.8 Å². The lowest BCUT2D eigenvalue weighted by molar-refractivity contribution is -0.384. The number of carbonyl (C=O) groups excluding carboxylic acids is 1. The van der Waals surface area contributed by atoms with Gasteiger partial charge in [-0.05, 0) is 30.5 Å². The van der Waals surface area contributed by atoms with Gasteiger partial charge in [0, 0.05) is 12.1 Å². The molecule has 7 heteroatoms. The summed E-state index contributed by atoms with van der Waals surface area (Å²) in [6.45, 7) is 1.96. The molecular weight excluding hydrogens is 326 g/mol. The van der Waals surface area contributed by atoms with Crippen LogP contribution >= 0.6 is 11.8 Å². The van der Waals surface area contributed by atoms with Crippen LogP contribution in [-0.2, 0) is 11.2 Å². The Bertz CT molecular complexity index is 835. The number of aliphatic imine (C=N–C) groups is 1. The molecule has 1 atom stereocenters. The molecule has 0 spiro atoms. The van der Waals surface area contributed by atoms with Gasteiger partial charge in [-0.3, -0.25) is 14.9 Å². The lowest BCUT2D eigenvalue weighted by atomic mass is 10.1. The van der Waals surface area contributed by atoms with E-state index in [9.17, 15) is 14.9 Å². The van der Waals surface area contributed by atoms with Crippen molar-refractivity contribution in [2.45, 2.75) is 18.6 Å². The number of benzene rings is 2. The van der Waals surface area contributed by atoms with E-state index in [1.807, 2.05) is 31.2 Å². The highest BCUT2D eigenvalue weighted by Gasteiger charge is 2.30. The number of hydrogen-bond acceptors (Lipinski definition) is 5. The number of carbonyl (C=O) groups is 1. The van der Waals surface area contributed by atoms with Gasteiger partial charge in [-0.25, -0.2) is 4.99 Å². The van der Waals surface area contributed by atoms with Crippen LogP contribution in [0.3, 0.4) is 0 Å². The molecule has 1 heterocycles. The molecule has 0 aromatic heterocycles. The lowest BCUT2D eigenvalue weighted by Crippen LogP contribution is -2.26.